The number of hydrogen-bond acceptors (Lipinski definition) is 7. The number of rotatable bonds is 9. The molecule has 2 aromatic carbocycles. The maximum absolute atomic E-state index is 13.2. The molecule has 2 heterocycles. The van der Waals surface area contributed by atoms with Gasteiger partial charge in [-0.15, -0.1) is 12.4 Å². The first-order valence-corrected chi connectivity index (χ1v) is 12.2. The molecule has 1 aliphatic rings. The fourth-order valence-electron chi connectivity index (χ4n) is 3.55. The first-order chi connectivity index (χ1) is 16.0. The molecule has 0 bridgehead atoms. The molecule has 0 aliphatic carbocycles. The maximum Gasteiger partial charge on any atom is 0.266 e. The highest BCUT2D eigenvalue weighted by atomic mass is 35.5. The minimum absolute atomic E-state index is 0. The monoisotopic (exact) mass is 545 g/mol. The van der Waals surface area contributed by atoms with Crippen LogP contribution in [0.25, 0.3) is 10.2 Å². The van der Waals surface area contributed by atoms with Gasteiger partial charge in [0.2, 0.25) is 0 Å². The van der Waals surface area contributed by atoms with Crippen LogP contribution in [0.5, 0.6) is 11.5 Å². The number of amides is 1. The molecule has 11 heteroatoms. The molecule has 7 nitrogen and oxygen atoms in total. The van der Waals surface area contributed by atoms with Crippen LogP contribution in [-0.2, 0) is 9.53 Å². The quantitative estimate of drug-likeness (QED) is 0.369. The summed E-state index contributed by atoms with van der Waals surface area (Å²) in [6.07, 6.45) is 0.812. The van der Waals surface area contributed by atoms with Gasteiger partial charge in [0.05, 0.1) is 35.6 Å². The van der Waals surface area contributed by atoms with Crippen molar-refractivity contribution in [2.24, 2.45) is 0 Å². The zero-order valence-electron chi connectivity index (χ0n) is 18.7. The Hall–Kier alpha value is -1.81. The van der Waals surface area contributed by atoms with E-state index in [9.17, 15) is 4.79 Å². The number of carbonyl (C=O) groups is 1. The Morgan fingerprint density at radius 1 is 1.21 bits per heavy atom. The van der Waals surface area contributed by atoms with E-state index in [-0.39, 0.29) is 24.9 Å². The zero-order chi connectivity index (χ0) is 23.2. The Kier molecular flexibility index (Phi) is 10.1. The van der Waals surface area contributed by atoms with Gasteiger partial charge in [-0.25, -0.2) is 4.98 Å². The summed E-state index contributed by atoms with van der Waals surface area (Å²) in [5.74, 6) is 0.981. The lowest BCUT2D eigenvalue weighted by Gasteiger charge is -2.27. The van der Waals surface area contributed by atoms with Gasteiger partial charge in [-0.3, -0.25) is 14.6 Å². The average molecular weight is 547 g/mol. The van der Waals surface area contributed by atoms with Crippen molar-refractivity contribution >= 4 is 68.2 Å². The molecule has 1 aromatic heterocycles. The Morgan fingerprint density at radius 2 is 2.00 bits per heavy atom. The van der Waals surface area contributed by atoms with E-state index in [0.29, 0.717) is 27.5 Å². The molecule has 1 aliphatic heterocycles. The molecule has 0 spiro atoms. The lowest BCUT2D eigenvalue weighted by atomic mass is 10.3. The molecule has 34 heavy (non-hydrogen) atoms. The number of benzene rings is 2. The van der Waals surface area contributed by atoms with Gasteiger partial charge in [0, 0.05) is 31.2 Å². The van der Waals surface area contributed by atoms with Crippen molar-refractivity contribution in [2.75, 3.05) is 58.0 Å². The fourth-order valence-corrected chi connectivity index (χ4v) is 5.05. The maximum atomic E-state index is 13.2. The number of anilines is 1. The van der Waals surface area contributed by atoms with E-state index in [2.05, 4.69) is 4.90 Å². The van der Waals surface area contributed by atoms with E-state index in [1.807, 2.05) is 18.2 Å². The van der Waals surface area contributed by atoms with Crippen LogP contribution in [0.15, 0.2) is 36.4 Å². The lowest BCUT2D eigenvalue weighted by molar-refractivity contribution is -0.120. The molecular weight excluding hydrogens is 521 g/mol. The van der Waals surface area contributed by atoms with Crippen molar-refractivity contribution in [3.05, 3.63) is 46.4 Å². The van der Waals surface area contributed by atoms with Crippen molar-refractivity contribution in [2.45, 2.75) is 6.42 Å². The number of thiazole rings is 1. The molecular formula is C23H26Cl3N3O4S. The molecule has 0 unspecified atom stereocenters. The van der Waals surface area contributed by atoms with Crippen molar-refractivity contribution in [1.82, 2.24) is 9.88 Å². The minimum Gasteiger partial charge on any atom is -0.497 e. The number of halogens is 3. The highest BCUT2D eigenvalue weighted by Gasteiger charge is 2.21. The van der Waals surface area contributed by atoms with Crippen LogP contribution in [0.4, 0.5) is 5.13 Å². The molecule has 1 fully saturated rings. The van der Waals surface area contributed by atoms with Gasteiger partial charge in [-0.1, -0.05) is 34.5 Å². The molecule has 4 rings (SSSR count). The van der Waals surface area contributed by atoms with E-state index in [1.165, 1.54) is 11.3 Å². The molecule has 0 saturated carbocycles. The third-order valence-corrected chi connectivity index (χ3v) is 6.89. The predicted octanol–water partition coefficient (Wildman–Crippen LogP) is 5.17. The molecule has 0 radical (unpaired) electrons. The number of methoxy groups -OCH3 is 1. The highest BCUT2D eigenvalue weighted by Crippen LogP contribution is 2.32. The van der Waals surface area contributed by atoms with Gasteiger partial charge < -0.3 is 14.2 Å². The summed E-state index contributed by atoms with van der Waals surface area (Å²) in [4.78, 5) is 22.0. The van der Waals surface area contributed by atoms with E-state index in [1.54, 1.807) is 30.2 Å². The molecule has 3 aromatic rings. The average Bonchev–Trinajstić information content (AvgIpc) is 3.24. The molecule has 0 N–H and O–H groups in total. The van der Waals surface area contributed by atoms with Gasteiger partial charge in [0.15, 0.2) is 11.7 Å². The number of aromatic nitrogens is 1. The summed E-state index contributed by atoms with van der Waals surface area (Å²) in [6.45, 7) is 4.58. The van der Waals surface area contributed by atoms with E-state index < -0.39 is 0 Å². The standard InChI is InChI=1S/C23H25Cl2N3O4S.ClH/c1-30-17-4-5-19-21(14-17)33-23(26-19)28(8-2-7-27-9-11-31-12-10-27)22(29)15-32-20-6-3-16(24)13-18(20)25;/h3-6,13-14H,2,7-12,15H2,1H3;1H. The Morgan fingerprint density at radius 3 is 2.74 bits per heavy atom. The summed E-state index contributed by atoms with van der Waals surface area (Å²) < 4.78 is 17.4. The number of hydrogen-bond donors (Lipinski definition) is 0. The lowest BCUT2D eigenvalue weighted by Crippen LogP contribution is -2.40. The second-order valence-electron chi connectivity index (χ2n) is 7.55. The van der Waals surface area contributed by atoms with Crippen LogP contribution in [0, 0.1) is 0 Å². The van der Waals surface area contributed by atoms with E-state index in [4.69, 9.17) is 42.4 Å². The summed E-state index contributed by atoms with van der Waals surface area (Å²) in [7, 11) is 1.63. The number of ether oxygens (including phenoxy) is 3. The SMILES string of the molecule is COc1ccc2nc(N(CCCN3CCOCC3)C(=O)COc3ccc(Cl)cc3Cl)sc2c1.Cl. The van der Waals surface area contributed by atoms with Crippen LogP contribution in [0.3, 0.4) is 0 Å². The smallest absolute Gasteiger partial charge is 0.266 e. The topological polar surface area (TPSA) is 64.1 Å². The summed E-state index contributed by atoms with van der Waals surface area (Å²) in [5, 5.41) is 1.51. The van der Waals surface area contributed by atoms with Crippen molar-refractivity contribution < 1.29 is 19.0 Å². The van der Waals surface area contributed by atoms with Gasteiger partial charge in [0.25, 0.3) is 5.91 Å². The van der Waals surface area contributed by atoms with Gasteiger partial charge in [0.1, 0.15) is 11.5 Å². The van der Waals surface area contributed by atoms with Crippen LogP contribution < -0.4 is 14.4 Å². The number of morpholine rings is 1. The number of carbonyl (C=O) groups excluding carboxylic acids is 1. The second kappa shape index (κ2) is 12.8. The molecule has 0 atom stereocenters. The van der Waals surface area contributed by atoms with Gasteiger partial charge in [-0.05, 0) is 42.8 Å². The molecule has 1 amide bonds. The number of fused-ring (bicyclic) bond motifs is 1. The zero-order valence-corrected chi connectivity index (χ0v) is 21.8. The van der Waals surface area contributed by atoms with Gasteiger partial charge >= 0.3 is 0 Å². The van der Waals surface area contributed by atoms with Crippen molar-refractivity contribution in [1.29, 1.82) is 0 Å². The summed E-state index contributed by atoms with van der Waals surface area (Å²) >= 11 is 13.6. The van der Waals surface area contributed by atoms with Crippen LogP contribution in [0.2, 0.25) is 10.0 Å². The Labute approximate surface area is 218 Å². The first kappa shape index (κ1) is 26.8. The Balaban J connectivity index is 0.00000324. The third-order valence-electron chi connectivity index (χ3n) is 5.32. The third kappa shape index (κ3) is 6.87. The second-order valence-corrected chi connectivity index (χ2v) is 9.40. The van der Waals surface area contributed by atoms with E-state index in [0.717, 1.165) is 55.2 Å². The van der Waals surface area contributed by atoms with Crippen molar-refractivity contribution in [3.8, 4) is 11.5 Å². The predicted molar refractivity (Wildman–Crippen MR) is 140 cm³/mol. The highest BCUT2D eigenvalue weighted by molar-refractivity contribution is 7.22. The largest absolute Gasteiger partial charge is 0.497 e. The van der Waals surface area contributed by atoms with Crippen LogP contribution >= 0.6 is 46.9 Å². The number of nitrogens with zero attached hydrogens (tertiary/aromatic N) is 3. The minimum atomic E-state index is -0.186. The molecule has 1 saturated heterocycles. The van der Waals surface area contributed by atoms with Crippen molar-refractivity contribution in [3.63, 3.8) is 0 Å². The summed E-state index contributed by atoms with van der Waals surface area (Å²) in [5.41, 5.74) is 0.823. The van der Waals surface area contributed by atoms with Gasteiger partial charge in [-0.2, -0.15) is 0 Å². The molecule has 184 valence electrons. The normalized spacial score (nSPS) is 14.0. The first-order valence-electron chi connectivity index (χ1n) is 10.7. The Bertz CT molecular complexity index is 1110. The van der Waals surface area contributed by atoms with E-state index >= 15 is 0 Å². The van der Waals surface area contributed by atoms with Crippen LogP contribution in [-0.4, -0.2) is 68.9 Å². The van der Waals surface area contributed by atoms with Crippen LogP contribution in [0.1, 0.15) is 6.42 Å². The fraction of sp³-hybridized carbons (Fsp3) is 0.391. The summed E-state index contributed by atoms with van der Waals surface area (Å²) in [6, 6.07) is 10.6.